The van der Waals surface area contributed by atoms with E-state index in [9.17, 15) is 9.59 Å². The Kier molecular flexibility index (Phi) is 4.02. The van der Waals surface area contributed by atoms with E-state index in [1.54, 1.807) is 18.2 Å². The van der Waals surface area contributed by atoms with E-state index >= 15 is 0 Å². The van der Waals surface area contributed by atoms with E-state index in [4.69, 9.17) is 0 Å². The van der Waals surface area contributed by atoms with Crippen molar-refractivity contribution in [3.8, 4) is 0 Å². The summed E-state index contributed by atoms with van der Waals surface area (Å²) < 4.78 is 4.67. The number of hydrogen-bond donors (Lipinski definition) is 2. The number of ether oxygens (including phenoxy) is 1. The second kappa shape index (κ2) is 5.73. The maximum absolute atomic E-state index is 11.9. The molecule has 0 aliphatic heterocycles. The fourth-order valence-electron chi connectivity index (χ4n) is 1.79. The minimum Gasteiger partial charge on any atom is -0.464 e. The summed E-state index contributed by atoms with van der Waals surface area (Å²) in [5.74, 6) is -0.619. The molecular weight excluding hydrogens is 258 g/mol. The van der Waals surface area contributed by atoms with Crippen LogP contribution in [0.2, 0.25) is 0 Å². The van der Waals surface area contributed by atoms with Crippen molar-refractivity contribution in [3.05, 3.63) is 23.9 Å². The molecule has 20 heavy (non-hydrogen) atoms. The first-order chi connectivity index (χ1) is 9.56. The standard InChI is InChI=1S/C14H17N3O3/c1-4-8(2)13(18)15-9-5-6-11-10(7-9)12(17-16-11)14(19)20-3/h5-8H,4H2,1-3H3,(H,15,18)(H,16,17)/t8-/m1/s1. The van der Waals surface area contributed by atoms with Crippen molar-refractivity contribution in [2.45, 2.75) is 20.3 Å². The topological polar surface area (TPSA) is 84.1 Å². The van der Waals surface area contributed by atoms with Gasteiger partial charge in [-0.3, -0.25) is 9.89 Å². The van der Waals surface area contributed by atoms with Crippen LogP contribution >= 0.6 is 0 Å². The molecule has 1 aromatic carbocycles. The third kappa shape index (κ3) is 2.64. The lowest BCUT2D eigenvalue weighted by Gasteiger charge is -2.09. The van der Waals surface area contributed by atoms with E-state index in [-0.39, 0.29) is 17.5 Å². The van der Waals surface area contributed by atoms with Gasteiger partial charge in [0.1, 0.15) is 0 Å². The summed E-state index contributed by atoms with van der Waals surface area (Å²) in [5.41, 5.74) is 1.56. The van der Waals surface area contributed by atoms with E-state index in [2.05, 4.69) is 20.3 Å². The summed E-state index contributed by atoms with van der Waals surface area (Å²) in [7, 11) is 1.30. The number of esters is 1. The van der Waals surface area contributed by atoms with Crippen molar-refractivity contribution >= 4 is 28.5 Å². The van der Waals surface area contributed by atoms with Crippen LogP contribution in [0.5, 0.6) is 0 Å². The van der Waals surface area contributed by atoms with Gasteiger partial charge in [0.2, 0.25) is 5.91 Å². The zero-order valence-corrected chi connectivity index (χ0v) is 11.7. The van der Waals surface area contributed by atoms with Gasteiger partial charge in [0.25, 0.3) is 0 Å². The number of benzene rings is 1. The molecule has 1 amide bonds. The molecule has 0 fully saturated rings. The van der Waals surface area contributed by atoms with E-state index in [0.717, 1.165) is 6.42 Å². The van der Waals surface area contributed by atoms with Crippen LogP contribution in [-0.2, 0) is 9.53 Å². The Morgan fingerprint density at radius 3 is 2.85 bits per heavy atom. The monoisotopic (exact) mass is 275 g/mol. The Hall–Kier alpha value is -2.37. The van der Waals surface area contributed by atoms with Crippen LogP contribution < -0.4 is 5.32 Å². The average molecular weight is 275 g/mol. The van der Waals surface area contributed by atoms with Crippen LogP contribution in [0.1, 0.15) is 30.8 Å². The van der Waals surface area contributed by atoms with E-state index in [0.29, 0.717) is 16.6 Å². The SMILES string of the molecule is CC[C@@H](C)C(=O)Nc1ccc2[nH]nc(C(=O)OC)c2c1. The van der Waals surface area contributed by atoms with Gasteiger partial charge in [-0.05, 0) is 24.6 Å². The van der Waals surface area contributed by atoms with Gasteiger partial charge in [0.05, 0.1) is 12.6 Å². The second-order valence-electron chi connectivity index (χ2n) is 4.62. The van der Waals surface area contributed by atoms with Crippen molar-refractivity contribution in [1.29, 1.82) is 0 Å². The number of methoxy groups -OCH3 is 1. The number of H-pyrrole nitrogens is 1. The average Bonchev–Trinajstić information content (AvgIpc) is 2.88. The molecule has 0 aliphatic carbocycles. The molecule has 1 atom stereocenters. The highest BCUT2D eigenvalue weighted by Crippen LogP contribution is 2.21. The fraction of sp³-hybridized carbons (Fsp3) is 0.357. The van der Waals surface area contributed by atoms with Gasteiger partial charge in [-0.1, -0.05) is 13.8 Å². The Balaban J connectivity index is 2.32. The van der Waals surface area contributed by atoms with Crippen molar-refractivity contribution in [2.24, 2.45) is 5.92 Å². The third-order valence-electron chi connectivity index (χ3n) is 3.27. The predicted octanol–water partition coefficient (Wildman–Crippen LogP) is 2.33. The Morgan fingerprint density at radius 1 is 1.45 bits per heavy atom. The maximum atomic E-state index is 11.9. The molecule has 1 aromatic heterocycles. The van der Waals surface area contributed by atoms with Gasteiger partial charge < -0.3 is 10.1 Å². The molecule has 0 unspecified atom stereocenters. The number of nitrogens with zero attached hydrogens (tertiary/aromatic N) is 1. The van der Waals surface area contributed by atoms with Crippen LogP contribution in [0.3, 0.4) is 0 Å². The maximum Gasteiger partial charge on any atom is 0.359 e. The zero-order chi connectivity index (χ0) is 14.7. The molecule has 1 heterocycles. The quantitative estimate of drug-likeness (QED) is 0.839. The molecule has 6 heteroatoms. The summed E-state index contributed by atoms with van der Waals surface area (Å²) >= 11 is 0. The highest BCUT2D eigenvalue weighted by molar-refractivity contribution is 6.04. The first-order valence-electron chi connectivity index (χ1n) is 6.44. The molecular formula is C14H17N3O3. The van der Waals surface area contributed by atoms with Crippen LogP contribution in [0.25, 0.3) is 10.9 Å². The number of anilines is 1. The highest BCUT2D eigenvalue weighted by Gasteiger charge is 2.16. The molecule has 106 valence electrons. The number of fused-ring (bicyclic) bond motifs is 1. The summed E-state index contributed by atoms with van der Waals surface area (Å²) in [6.07, 6.45) is 0.771. The number of hydrogen-bond acceptors (Lipinski definition) is 4. The Bertz CT molecular complexity index is 648. The molecule has 2 aromatic rings. The smallest absolute Gasteiger partial charge is 0.359 e. The number of carbonyl (C=O) groups is 2. The number of rotatable bonds is 4. The largest absolute Gasteiger partial charge is 0.464 e. The minimum atomic E-state index is -0.512. The highest BCUT2D eigenvalue weighted by atomic mass is 16.5. The molecule has 0 saturated heterocycles. The van der Waals surface area contributed by atoms with Gasteiger partial charge >= 0.3 is 5.97 Å². The lowest BCUT2D eigenvalue weighted by molar-refractivity contribution is -0.119. The predicted molar refractivity (Wildman–Crippen MR) is 75.5 cm³/mol. The van der Waals surface area contributed by atoms with E-state index in [1.807, 2.05) is 13.8 Å². The summed E-state index contributed by atoms with van der Waals surface area (Å²) in [5, 5.41) is 10.1. The normalized spacial score (nSPS) is 12.2. The van der Waals surface area contributed by atoms with Crippen LogP contribution in [0, 0.1) is 5.92 Å². The van der Waals surface area contributed by atoms with Crippen molar-refractivity contribution in [1.82, 2.24) is 10.2 Å². The molecule has 0 aliphatic rings. The van der Waals surface area contributed by atoms with Crippen molar-refractivity contribution in [2.75, 3.05) is 12.4 Å². The minimum absolute atomic E-state index is 0.0463. The van der Waals surface area contributed by atoms with Gasteiger partial charge in [-0.25, -0.2) is 4.79 Å². The number of amides is 1. The molecule has 0 radical (unpaired) electrons. The van der Waals surface area contributed by atoms with E-state index < -0.39 is 5.97 Å². The Labute approximate surface area is 116 Å². The molecule has 0 saturated carbocycles. The van der Waals surface area contributed by atoms with Crippen LogP contribution in [0.4, 0.5) is 5.69 Å². The summed E-state index contributed by atoms with van der Waals surface area (Å²) in [6.45, 7) is 3.82. The molecule has 0 spiro atoms. The zero-order valence-electron chi connectivity index (χ0n) is 11.7. The van der Waals surface area contributed by atoms with Crippen molar-refractivity contribution < 1.29 is 14.3 Å². The van der Waals surface area contributed by atoms with Gasteiger partial charge in [-0.15, -0.1) is 0 Å². The summed E-state index contributed by atoms with van der Waals surface area (Å²) in [4.78, 5) is 23.5. The number of aromatic amines is 1. The Morgan fingerprint density at radius 2 is 2.20 bits per heavy atom. The van der Waals surface area contributed by atoms with Gasteiger partial charge in [-0.2, -0.15) is 5.10 Å². The van der Waals surface area contributed by atoms with Gasteiger partial charge in [0.15, 0.2) is 5.69 Å². The summed E-state index contributed by atoms with van der Waals surface area (Å²) in [6, 6.07) is 5.24. The fourth-order valence-corrected chi connectivity index (χ4v) is 1.79. The molecule has 2 rings (SSSR count). The lowest BCUT2D eigenvalue weighted by Crippen LogP contribution is -2.19. The lowest BCUT2D eigenvalue weighted by atomic mass is 10.1. The first-order valence-corrected chi connectivity index (χ1v) is 6.44. The molecule has 0 bridgehead atoms. The van der Waals surface area contributed by atoms with Crippen molar-refractivity contribution in [3.63, 3.8) is 0 Å². The van der Waals surface area contributed by atoms with Crippen LogP contribution in [-0.4, -0.2) is 29.2 Å². The second-order valence-corrected chi connectivity index (χ2v) is 4.62. The van der Waals surface area contributed by atoms with Crippen LogP contribution in [0.15, 0.2) is 18.2 Å². The van der Waals surface area contributed by atoms with Gasteiger partial charge in [0, 0.05) is 17.0 Å². The third-order valence-corrected chi connectivity index (χ3v) is 3.27. The van der Waals surface area contributed by atoms with E-state index in [1.165, 1.54) is 7.11 Å². The molecule has 6 nitrogen and oxygen atoms in total. The number of nitrogens with one attached hydrogen (secondary N) is 2. The molecule has 2 N–H and O–H groups in total. The first kappa shape index (κ1) is 14.0. The number of carbonyl (C=O) groups excluding carboxylic acids is 2. The number of aromatic nitrogens is 2.